The van der Waals surface area contributed by atoms with Gasteiger partial charge in [-0.15, -0.1) is 0 Å². The first-order chi connectivity index (χ1) is 9.19. The third kappa shape index (κ3) is 4.75. The van der Waals surface area contributed by atoms with Crippen molar-refractivity contribution in [3.63, 3.8) is 0 Å². The van der Waals surface area contributed by atoms with E-state index in [0.29, 0.717) is 18.0 Å². The molecule has 0 aromatic heterocycles. The van der Waals surface area contributed by atoms with Gasteiger partial charge in [0.25, 0.3) is 0 Å². The molecule has 0 radical (unpaired) electrons. The summed E-state index contributed by atoms with van der Waals surface area (Å²) in [5, 5.41) is 23.1. The Morgan fingerprint density at radius 2 is 1.84 bits per heavy atom. The predicted molar refractivity (Wildman–Crippen MR) is 69.4 cm³/mol. The fourth-order valence-corrected chi connectivity index (χ4v) is 1.11. The summed E-state index contributed by atoms with van der Waals surface area (Å²) in [6, 6.07) is 9.79. The van der Waals surface area contributed by atoms with Crippen LogP contribution >= 0.6 is 0 Å². The number of hydrogen-bond acceptors (Lipinski definition) is 6. The molecule has 1 aromatic carbocycles. The van der Waals surface area contributed by atoms with E-state index in [0.717, 1.165) is 0 Å². The molecular formula is C12H11N5O2. The van der Waals surface area contributed by atoms with Crippen molar-refractivity contribution in [1.82, 2.24) is 0 Å². The van der Waals surface area contributed by atoms with Crippen molar-refractivity contribution in [3.8, 4) is 12.1 Å². The Morgan fingerprint density at radius 1 is 1.26 bits per heavy atom. The third-order valence-corrected chi connectivity index (χ3v) is 1.92. The number of amides is 1. The van der Waals surface area contributed by atoms with Gasteiger partial charge in [0.15, 0.2) is 0 Å². The fraction of sp³-hybridized carbons (Fsp3) is 0.167. The number of rotatable bonds is 4. The van der Waals surface area contributed by atoms with Gasteiger partial charge in [0.05, 0.1) is 12.3 Å². The van der Waals surface area contributed by atoms with E-state index in [1.54, 1.807) is 43.3 Å². The predicted octanol–water partition coefficient (Wildman–Crippen LogP) is 2.07. The summed E-state index contributed by atoms with van der Waals surface area (Å²) in [5.41, 5.74) is 3.43. The smallest absolute Gasteiger partial charge is 0.411 e. The number of nitriles is 2. The van der Waals surface area contributed by atoms with E-state index >= 15 is 0 Å². The average Bonchev–Trinajstić information content (AvgIpc) is 2.42. The van der Waals surface area contributed by atoms with Crippen LogP contribution in [0.1, 0.15) is 6.92 Å². The van der Waals surface area contributed by atoms with E-state index in [1.807, 2.05) is 0 Å². The number of benzene rings is 1. The summed E-state index contributed by atoms with van der Waals surface area (Å²) in [6.45, 7) is 2.01. The fourth-order valence-electron chi connectivity index (χ4n) is 1.11. The first-order valence-electron chi connectivity index (χ1n) is 5.37. The van der Waals surface area contributed by atoms with Gasteiger partial charge in [0.2, 0.25) is 5.71 Å². The van der Waals surface area contributed by atoms with E-state index in [-0.39, 0.29) is 5.71 Å². The maximum Gasteiger partial charge on any atom is 0.411 e. The van der Waals surface area contributed by atoms with E-state index in [4.69, 9.17) is 15.3 Å². The summed E-state index contributed by atoms with van der Waals surface area (Å²) in [5.74, 6) is 0. The van der Waals surface area contributed by atoms with Crippen LogP contribution < -0.4 is 10.7 Å². The van der Waals surface area contributed by atoms with Crippen LogP contribution in [0.3, 0.4) is 0 Å². The first-order valence-corrected chi connectivity index (χ1v) is 5.37. The molecule has 7 heteroatoms. The van der Waals surface area contributed by atoms with Crippen molar-refractivity contribution in [1.29, 1.82) is 10.5 Å². The third-order valence-electron chi connectivity index (χ3n) is 1.92. The van der Waals surface area contributed by atoms with Gasteiger partial charge in [-0.25, -0.2) is 4.79 Å². The molecular weight excluding hydrogens is 246 g/mol. The number of carbonyl (C=O) groups is 1. The first kappa shape index (κ1) is 14.0. The molecule has 0 aliphatic carbocycles. The van der Waals surface area contributed by atoms with Crippen LogP contribution in [-0.2, 0) is 4.74 Å². The average molecular weight is 257 g/mol. The number of ether oxygens (including phenoxy) is 1. The van der Waals surface area contributed by atoms with Crippen molar-refractivity contribution < 1.29 is 9.53 Å². The van der Waals surface area contributed by atoms with Crippen LogP contribution in [-0.4, -0.2) is 18.4 Å². The van der Waals surface area contributed by atoms with Crippen molar-refractivity contribution in [3.05, 3.63) is 24.3 Å². The van der Waals surface area contributed by atoms with Gasteiger partial charge in [0.1, 0.15) is 12.1 Å². The minimum atomic E-state index is -0.530. The molecule has 1 rings (SSSR count). The highest BCUT2D eigenvalue weighted by molar-refractivity contribution is 6.10. The van der Waals surface area contributed by atoms with Crippen LogP contribution in [0.25, 0.3) is 0 Å². The second-order valence-corrected chi connectivity index (χ2v) is 3.22. The molecule has 0 spiro atoms. The number of anilines is 2. The Labute approximate surface area is 110 Å². The Kier molecular flexibility index (Phi) is 5.38. The zero-order valence-electron chi connectivity index (χ0n) is 10.2. The summed E-state index contributed by atoms with van der Waals surface area (Å²) in [7, 11) is 0. The van der Waals surface area contributed by atoms with Crippen LogP contribution in [0.2, 0.25) is 0 Å². The van der Waals surface area contributed by atoms with Gasteiger partial charge in [-0.2, -0.15) is 15.6 Å². The van der Waals surface area contributed by atoms with Gasteiger partial charge in [-0.1, -0.05) is 0 Å². The molecule has 0 unspecified atom stereocenters. The van der Waals surface area contributed by atoms with Crippen molar-refractivity contribution in [2.45, 2.75) is 6.92 Å². The lowest BCUT2D eigenvalue weighted by Gasteiger charge is -2.05. The number of hydrogen-bond donors (Lipinski definition) is 2. The normalized spacial score (nSPS) is 8.58. The summed E-state index contributed by atoms with van der Waals surface area (Å²) < 4.78 is 4.72. The van der Waals surface area contributed by atoms with E-state index < -0.39 is 6.09 Å². The van der Waals surface area contributed by atoms with Crippen LogP contribution in [0.5, 0.6) is 0 Å². The Morgan fingerprint density at radius 3 is 2.37 bits per heavy atom. The van der Waals surface area contributed by atoms with Gasteiger partial charge in [-0.3, -0.25) is 10.7 Å². The molecule has 7 nitrogen and oxygen atoms in total. The topological polar surface area (TPSA) is 110 Å². The maximum absolute atomic E-state index is 11.1. The second-order valence-electron chi connectivity index (χ2n) is 3.22. The number of nitrogens with one attached hydrogen (secondary N) is 2. The highest BCUT2D eigenvalue weighted by atomic mass is 16.5. The van der Waals surface area contributed by atoms with Crippen molar-refractivity contribution in [2.75, 3.05) is 17.3 Å². The van der Waals surface area contributed by atoms with E-state index in [2.05, 4.69) is 15.8 Å². The zero-order valence-corrected chi connectivity index (χ0v) is 10.2. The Hall–Kier alpha value is -3.06. The SMILES string of the molecule is CCOC(=O)Nc1ccc(NN=C(C#N)C#N)cc1. The molecule has 0 aliphatic heterocycles. The van der Waals surface area contributed by atoms with Crippen molar-refractivity contribution >= 4 is 23.2 Å². The zero-order chi connectivity index (χ0) is 14.1. The lowest BCUT2D eigenvalue weighted by Crippen LogP contribution is -2.13. The summed E-state index contributed by atoms with van der Waals surface area (Å²) >= 11 is 0. The van der Waals surface area contributed by atoms with Gasteiger partial charge >= 0.3 is 6.09 Å². The van der Waals surface area contributed by atoms with Gasteiger partial charge in [-0.05, 0) is 31.2 Å². The molecule has 1 aromatic rings. The largest absolute Gasteiger partial charge is 0.450 e. The minimum Gasteiger partial charge on any atom is -0.450 e. The molecule has 2 N–H and O–H groups in total. The lowest BCUT2D eigenvalue weighted by atomic mass is 10.3. The highest BCUT2D eigenvalue weighted by Gasteiger charge is 2.01. The number of carbonyl (C=O) groups excluding carboxylic acids is 1. The standard InChI is InChI=1S/C12H11N5O2/c1-2-19-12(18)15-9-3-5-10(6-4-9)16-17-11(7-13)8-14/h3-6,16H,2H2,1H3,(H,15,18). The summed E-state index contributed by atoms with van der Waals surface area (Å²) in [6.07, 6.45) is -0.530. The Bertz CT molecular complexity index is 535. The molecule has 0 saturated heterocycles. The van der Waals surface area contributed by atoms with E-state index in [9.17, 15) is 4.79 Å². The quantitative estimate of drug-likeness (QED) is 0.633. The maximum atomic E-state index is 11.1. The van der Waals surface area contributed by atoms with E-state index in [1.165, 1.54) is 0 Å². The van der Waals surface area contributed by atoms with Crippen LogP contribution in [0, 0.1) is 22.7 Å². The lowest BCUT2D eigenvalue weighted by molar-refractivity contribution is 0.168. The molecule has 1 amide bonds. The van der Waals surface area contributed by atoms with Gasteiger partial charge in [0, 0.05) is 5.69 Å². The van der Waals surface area contributed by atoms with Crippen molar-refractivity contribution in [2.24, 2.45) is 5.10 Å². The molecule has 96 valence electrons. The van der Waals surface area contributed by atoms with Gasteiger partial charge < -0.3 is 4.74 Å². The molecule has 0 aliphatic rings. The second kappa shape index (κ2) is 7.30. The molecule has 0 atom stereocenters. The van der Waals surface area contributed by atoms with Crippen LogP contribution in [0.4, 0.5) is 16.2 Å². The monoisotopic (exact) mass is 257 g/mol. The summed E-state index contributed by atoms with van der Waals surface area (Å²) in [4.78, 5) is 11.1. The molecule has 0 heterocycles. The molecule has 0 fully saturated rings. The number of nitrogens with zero attached hydrogens (tertiary/aromatic N) is 3. The molecule has 0 saturated carbocycles. The molecule has 19 heavy (non-hydrogen) atoms. The Balaban J connectivity index is 2.63. The minimum absolute atomic E-state index is 0.270. The highest BCUT2D eigenvalue weighted by Crippen LogP contribution is 2.13. The van der Waals surface area contributed by atoms with Crippen LogP contribution in [0.15, 0.2) is 29.4 Å². The number of hydrazone groups is 1. The molecule has 0 bridgehead atoms.